The number of nitrogens with two attached hydrogens (primary N) is 1. The molecule has 0 aliphatic carbocycles. The van der Waals surface area contributed by atoms with E-state index in [-0.39, 0.29) is 0 Å². The zero-order valence-corrected chi connectivity index (χ0v) is 4.87. The minimum absolute atomic E-state index is 0.896. The van der Waals surface area contributed by atoms with Gasteiger partial charge in [0.1, 0.15) is 0 Å². The molecule has 0 saturated heterocycles. The van der Waals surface area contributed by atoms with E-state index < -0.39 is 11.6 Å². The van der Waals surface area contributed by atoms with Crippen LogP contribution in [0.5, 0.6) is 0 Å². The van der Waals surface area contributed by atoms with E-state index in [2.05, 4.69) is 5.73 Å². The predicted molar refractivity (Wildman–Crippen MR) is 26.9 cm³/mol. The van der Waals surface area contributed by atoms with Gasteiger partial charge in [0.25, 0.3) is 5.91 Å². The maximum atomic E-state index is 8.67. The van der Waals surface area contributed by atoms with Gasteiger partial charge in [0.15, 0.2) is 0 Å². The fourth-order valence-corrected chi connectivity index (χ4v) is 0.0823. The van der Waals surface area contributed by atoms with Crippen LogP contribution >= 0.6 is 0 Å². The van der Waals surface area contributed by atoms with E-state index in [1.165, 1.54) is 5.48 Å². The molecule has 0 radical (unpaired) electrons. The van der Waals surface area contributed by atoms with Gasteiger partial charge in [-0.1, -0.05) is 0 Å². The highest BCUT2D eigenvalue weighted by Crippen LogP contribution is 2.07. The molecule has 0 saturated carbocycles. The molecule has 0 aromatic carbocycles. The van der Waals surface area contributed by atoms with Crippen molar-refractivity contribution in [3.63, 3.8) is 0 Å². The van der Waals surface area contributed by atoms with Gasteiger partial charge in [-0.05, 0) is 6.92 Å². The fourth-order valence-electron chi connectivity index (χ4n) is 0.0823. The van der Waals surface area contributed by atoms with Crippen LogP contribution in [0.2, 0.25) is 0 Å². The van der Waals surface area contributed by atoms with Gasteiger partial charge in [-0.2, -0.15) is 5.48 Å². The van der Waals surface area contributed by atoms with Crippen LogP contribution in [-0.4, -0.2) is 32.2 Å². The van der Waals surface area contributed by atoms with Crippen molar-refractivity contribution in [1.29, 1.82) is 0 Å². The van der Waals surface area contributed by atoms with Crippen molar-refractivity contribution in [2.75, 3.05) is 0 Å². The number of hydroxylamine groups is 1. The molecule has 0 aliphatic rings. The summed E-state index contributed by atoms with van der Waals surface area (Å²) >= 11 is 0. The Kier molecular flexibility index (Phi) is 2.12. The highest BCUT2D eigenvalue weighted by atomic mass is 16.6. The van der Waals surface area contributed by atoms with Gasteiger partial charge in [0.05, 0.1) is 0 Å². The van der Waals surface area contributed by atoms with Gasteiger partial charge in [-0.15, -0.1) is 0 Å². The number of aliphatic hydroxyl groups is 3. The average Bonchev–Trinajstić information content (AvgIpc) is 1.64. The molecular formula is C3H10N2O4. The minimum atomic E-state index is -2.86. The summed E-state index contributed by atoms with van der Waals surface area (Å²) < 4.78 is 0. The molecule has 56 valence electrons. The molecule has 0 bridgehead atoms. The highest BCUT2D eigenvalue weighted by molar-refractivity contribution is 4.76. The van der Waals surface area contributed by atoms with Crippen LogP contribution < -0.4 is 11.2 Å². The van der Waals surface area contributed by atoms with Crippen LogP contribution in [0, 0.1) is 0 Å². The zero-order chi connectivity index (χ0) is 7.71. The maximum Gasteiger partial charge on any atom is 0.266 e. The molecule has 9 heavy (non-hydrogen) atoms. The Morgan fingerprint density at radius 3 is 1.67 bits per heavy atom. The van der Waals surface area contributed by atoms with Crippen LogP contribution in [0.1, 0.15) is 6.92 Å². The van der Waals surface area contributed by atoms with E-state index in [0.717, 1.165) is 6.92 Å². The van der Waals surface area contributed by atoms with E-state index in [0.29, 0.717) is 0 Å². The first-order valence-electron chi connectivity index (χ1n) is 2.18. The Hall–Kier alpha value is -0.240. The summed E-state index contributed by atoms with van der Waals surface area (Å²) in [5, 5.41) is 33.5. The summed E-state index contributed by atoms with van der Waals surface area (Å²) in [6.45, 7) is 0.896. The van der Waals surface area contributed by atoms with Gasteiger partial charge in [-0.3, -0.25) is 5.73 Å². The molecule has 6 heteroatoms. The number of hydrogen-bond acceptors (Lipinski definition) is 6. The monoisotopic (exact) mass is 138 g/mol. The lowest BCUT2D eigenvalue weighted by molar-refractivity contribution is -0.300. The van der Waals surface area contributed by atoms with Crippen LogP contribution in [0.25, 0.3) is 0 Å². The first-order valence-corrected chi connectivity index (χ1v) is 2.18. The third-order valence-corrected chi connectivity index (χ3v) is 0.934. The second-order valence-corrected chi connectivity index (χ2v) is 1.91. The quantitative estimate of drug-likeness (QED) is 0.182. The van der Waals surface area contributed by atoms with Gasteiger partial charge in [0, 0.05) is 0 Å². The van der Waals surface area contributed by atoms with Crippen LogP contribution in [0.4, 0.5) is 0 Å². The maximum absolute atomic E-state index is 8.67. The Balaban J connectivity index is 4.14. The van der Waals surface area contributed by atoms with Crippen LogP contribution in [-0.2, 0) is 0 Å². The standard InChI is InChI=1S/C3H10N2O4/c1-2(6,5-9)3(4,7)8/h5-9H,4H2,1H3. The first kappa shape index (κ1) is 8.76. The molecule has 6 nitrogen and oxygen atoms in total. The summed E-state index contributed by atoms with van der Waals surface area (Å²) in [5.41, 5.74) is 3.45. The molecule has 7 N–H and O–H groups in total. The van der Waals surface area contributed by atoms with E-state index in [9.17, 15) is 0 Å². The first-order chi connectivity index (χ1) is 3.81. The smallest absolute Gasteiger partial charge is 0.266 e. The highest BCUT2D eigenvalue weighted by Gasteiger charge is 2.40. The van der Waals surface area contributed by atoms with Crippen LogP contribution in [0.3, 0.4) is 0 Å². The zero-order valence-electron chi connectivity index (χ0n) is 4.87. The Morgan fingerprint density at radius 1 is 1.33 bits per heavy atom. The third kappa shape index (κ3) is 1.86. The molecular weight excluding hydrogens is 128 g/mol. The van der Waals surface area contributed by atoms with Gasteiger partial charge in [0.2, 0.25) is 5.72 Å². The molecule has 1 atom stereocenters. The number of rotatable bonds is 2. The summed E-state index contributed by atoms with van der Waals surface area (Å²) in [7, 11) is 0. The Bertz CT molecular complexity index is 96.5. The van der Waals surface area contributed by atoms with E-state index in [4.69, 9.17) is 20.5 Å². The second-order valence-electron chi connectivity index (χ2n) is 1.91. The number of hydrogen-bond donors (Lipinski definition) is 6. The van der Waals surface area contributed by atoms with Crippen LogP contribution in [0.15, 0.2) is 0 Å². The lowest BCUT2D eigenvalue weighted by Crippen LogP contribution is -2.65. The Labute approximate surface area is 51.5 Å². The van der Waals surface area contributed by atoms with Crippen molar-refractivity contribution >= 4 is 0 Å². The van der Waals surface area contributed by atoms with E-state index in [1.54, 1.807) is 0 Å². The Morgan fingerprint density at radius 2 is 1.67 bits per heavy atom. The molecule has 0 rings (SSSR count). The molecule has 0 spiro atoms. The van der Waals surface area contributed by atoms with Crippen molar-refractivity contribution < 1.29 is 20.5 Å². The van der Waals surface area contributed by atoms with Gasteiger partial charge in [-0.25, -0.2) is 0 Å². The summed E-state index contributed by atoms with van der Waals surface area (Å²) in [6, 6.07) is 0. The molecule has 0 aliphatic heterocycles. The second kappa shape index (κ2) is 2.18. The molecule has 0 aromatic heterocycles. The summed E-state index contributed by atoms with van der Waals surface area (Å²) in [5.74, 6) is -2.86. The van der Waals surface area contributed by atoms with Crippen molar-refractivity contribution in [2.24, 2.45) is 5.73 Å². The van der Waals surface area contributed by atoms with Gasteiger partial charge < -0.3 is 20.5 Å². The lowest BCUT2D eigenvalue weighted by Gasteiger charge is -2.30. The van der Waals surface area contributed by atoms with Crippen molar-refractivity contribution in [3.05, 3.63) is 0 Å². The fraction of sp³-hybridized carbons (Fsp3) is 1.00. The normalized spacial score (nSPS) is 19.3. The average molecular weight is 138 g/mol. The molecule has 1 unspecified atom stereocenters. The summed E-state index contributed by atoms with van der Waals surface area (Å²) in [6.07, 6.45) is 0. The topological polar surface area (TPSA) is 119 Å². The van der Waals surface area contributed by atoms with E-state index >= 15 is 0 Å². The predicted octanol–water partition coefficient (Wildman–Crippen LogP) is -2.73. The molecule has 0 aromatic rings. The SMILES string of the molecule is CC(O)(NO)C(N)(O)O. The molecule has 0 fully saturated rings. The van der Waals surface area contributed by atoms with E-state index in [1.807, 2.05) is 0 Å². The third-order valence-electron chi connectivity index (χ3n) is 0.934. The van der Waals surface area contributed by atoms with Crippen molar-refractivity contribution in [2.45, 2.75) is 18.6 Å². The van der Waals surface area contributed by atoms with Crippen molar-refractivity contribution in [1.82, 2.24) is 5.48 Å². The largest absolute Gasteiger partial charge is 0.368 e. The molecule has 0 heterocycles. The number of nitrogens with one attached hydrogen (secondary N) is 1. The minimum Gasteiger partial charge on any atom is -0.368 e. The van der Waals surface area contributed by atoms with Crippen molar-refractivity contribution in [3.8, 4) is 0 Å². The molecule has 0 amide bonds. The lowest BCUT2D eigenvalue weighted by atomic mass is 10.2. The summed E-state index contributed by atoms with van der Waals surface area (Å²) in [4.78, 5) is 0. The van der Waals surface area contributed by atoms with Gasteiger partial charge >= 0.3 is 0 Å².